The van der Waals surface area contributed by atoms with Crippen LogP contribution in [-0.4, -0.2) is 67.6 Å². The minimum Gasteiger partial charge on any atom is -0.354 e. The Labute approximate surface area is 173 Å². The standard InChI is InChI=1S/C21H34N6O2/c1-26-12-14-27(15-13-26)19-10-9-18(16-23-19)24-20(28)8-5-11-22-21(29)25-17-6-3-2-4-7-17/h9-10,16-17H,2-8,11-15H2,1H3,(H,24,28)(H2,22,25,29). The van der Waals surface area contributed by atoms with Gasteiger partial charge >= 0.3 is 6.03 Å². The molecule has 0 aromatic carbocycles. The van der Waals surface area contributed by atoms with Crippen LogP contribution in [0.25, 0.3) is 0 Å². The molecule has 2 aliphatic rings. The lowest BCUT2D eigenvalue weighted by Gasteiger charge is -2.33. The molecule has 1 aromatic heterocycles. The first kappa shape index (κ1) is 21.4. The van der Waals surface area contributed by atoms with E-state index in [0.717, 1.165) is 44.8 Å². The maximum Gasteiger partial charge on any atom is 0.315 e. The second kappa shape index (κ2) is 11.0. The minimum absolute atomic E-state index is 0.0614. The number of hydrogen-bond acceptors (Lipinski definition) is 5. The maximum absolute atomic E-state index is 12.1. The summed E-state index contributed by atoms with van der Waals surface area (Å²) < 4.78 is 0. The van der Waals surface area contributed by atoms with E-state index in [1.807, 2.05) is 12.1 Å². The van der Waals surface area contributed by atoms with Crippen LogP contribution in [-0.2, 0) is 4.79 Å². The zero-order valence-electron chi connectivity index (χ0n) is 17.5. The molecule has 160 valence electrons. The molecular formula is C21H34N6O2. The predicted molar refractivity (Wildman–Crippen MR) is 115 cm³/mol. The molecule has 0 atom stereocenters. The Kier molecular flexibility index (Phi) is 8.10. The Morgan fingerprint density at radius 3 is 2.55 bits per heavy atom. The van der Waals surface area contributed by atoms with Crippen LogP contribution in [0.2, 0.25) is 0 Å². The summed E-state index contributed by atoms with van der Waals surface area (Å²) in [6.45, 7) is 4.50. The smallest absolute Gasteiger partial charge is 0.315 e. The van der Waals surface area contributed by atoms with Gasteiger partial charge < -0.3 is 25.8 Å². The highest BCUT2D eigenvalue weighted by molar-refractivity contribution is 5.90. The van der Waals surface area contributed by atoms with Crippen molar-refractivity contribution in [3.05, 3.63) is 18.3 Å². The van der Waals surface area contributed by atoms with E-state index >= 15 is 0 Å². The molecule has 1 aliphatic heterocycles. The molecule has 1 aliphatic carbocycles. The van der Waals surface area contributed by atoms with Crippen molar-refractivity contribution in [3.8, 4) is 0 Å². The molecule has 3 rings (SSSR count). The summed E-state index contributed by atoms with van der Waals surface area (Å²) >= 11 is 0. The molecule has 3 amide bonds. The second-order valence-corrected chi connectivity index (χ2v) is 8.08. The molecule has 2 heterocycles. The van der Waals surface area contributed by atoms with E-state index in [4.69, 9.17) is 0 Å². The average Bonchev–Trinajstić information content (AvgIpc) is 2.73. The molecular weight excluding hydrogens is 368 g/mol. The van der Waals surface area contributed by atoms with Gasteiger partial charge in [0.15, 0.2) is 0 Å². The summed E-state index contributed by atoms with van der Waals surface area (Å²) in [6, 6.07) is 4.03. The fraction of sp³-hybridized carbons (Fsp3) is 0.667. The van der Waals surface area contributed by atoms with Crippen molar-refractivity contribution in [2.75, 3.05) is 50.0 Å². The maximum atomic E-state index is 12.1. The number of nitrogens with one attached hydrogen (secondary N) is 3. The van der Waals surface area contributed by atoms with Gasteiger partial charge in [0.2, 0.25) is 5.91 Å². The van der Waals surface area contributed by atoms with Gasteiger partial charge in [0.25, 0.3) is 0 Å². The van der Waals surface area contributed by atoms with Gasteiger partial charge in [0.1, 0.15) is 5.82 Å². The summed E-state index contributed by atoms with van der Waals surface area (Å²) in [5.74, 6) is 0.887. The van der Waals surface area contributed by atoms with E-state index in [1.165, 1.54) is 19.3 Å². The SMILES string of the molecule is CN1CCN(c2ccc(NC(=O)CCCNC(=O)NC3CCCCC3)cn2)CC1. The fourth-order valence-electron chi connectivity index (χ4n) is 3.84. The molecule has 2 fully saturated rings. The van der Waals surface area contributed by atoms with Crippen molar-refractivity contribution >= 4 is 23.4 Å². The number of pyridine rings is 1. The number of carbonyl (C=O) groups is 2. The Morgan fingerprint density at radius 2 is 1.86 bits per heavy atom. The zero-order valence-corrected chi connectivity index (χ0v) is 17.5. The van der Waals surface area contributed by atoms with E-state index in [2.05, 4.69) is 37.8 Å². The quantitative estimate of drug-likeness (QED) is 0.609. The highest BCUT2D eigenvalue weighted by Crippen LogP contribution is 2.17. The first-order valence-corrected chi connectivity index (χ1v) is 10.8. The number of anilines is 2. The Hall–Kier alpha value is -2.35. The normalized spacial score (nSPS) is 18.3. The molecule has 0 spiro atoms. The minimum atomic E-state index is -0.124. The highest BCUT2D eigenvalue weighted by Gasteiger charge is 2.16. The number of nitrogens with zero attached hydrogens (tertiary/aromatic N) is 3. The lowest BCUT2D eigenvalue weighted by atomic mass is 9.96. The van der Waals surface area contributed by atoms with Gasteiger partial charge in [0.05, 0.1) is 11.9 Å². The van der Waals surface area contributed by atoms with Gasteiger partial charge in [-0.1, -0.05) is 19.3 Å². The molecule has 8 heteroatoms. The first-order chi connectivity index (χ1) is 14.1. The number of hydrogen-bond donors (Lipinski definition) is 3. The third-order valence-corrected chi connectivity index (χ3v) is 5.67. The molecule has 0 unspecified atom stereocenters. The van der Waals surface area contributed by atoms with E-state index in [0.29, 0.717) is 31.1 Å². The average molecular weight is 403 g/mol. The number of likely N-dealkylation sites (N-methyl/N-ethyl adjacent to an activating group) is 1. The molecule has 0 radical (unpaired) electrons. The van der Waals surface area contributed by atoms with E-state index in [-0.39, 0.29) is 11.9 Å². The monoisotopic (exact) mass is 402 g/mol. The summed E-state index contributed by atoms with van der Waals surface area (Å²) in [5, 5.41) is 8.74. The summed E-state index contributed by atoms with van der Waals surface area (Å²) in [7, 11) is 2.13. The Bertz CT molecular complexity index is 652. The van der Waals surface area contributed by atoms with Crippen LogP contribution in [0.3, 0.4) is 0 Å². The number of aromatic nitrogens is 1. The van der Waals surface area contributed by atoms with Gasteiger partial charge in [-0.15, -0.1) is 0 Å². The van der Waals surface area contributed by atoms with Crippen molar-refractivity contribution in [1.82, 2.24) is 20.5 Å². The summed E-state index contributed by atoms with van der Waals surface area (Å²) in [6.07, 6.45) is 8.46. The van der Waals surface area contributed by atoms with Crippen molar-refractivity contribution in [2.45, 2.75) is 51.0 Å². The molecule has 0 bridgehead atoms. The largest absolute Gasteiger partial charge is 0.354 e. The molecule has 1 saturated carbocycles. The molecule has 1 aromatic rings. The van der Waals surface area contributed by atoms with Crippen LogP contribution < -0.4 is 20.9 Å². The van der Waals surface area contributed by atoms with Gasteiger partial charge in [-0.05, 0) is 38.4 Å². The molecule has 29 heavy (non-hydrogen) atoms. The number of piperazine rings is 1. The number of rotatable bonds is 7. The van der Waals surface area contributed by atoms with Gasteiger partial charge in [0, 0.05) is 45.2 Å². The van der Waals surface area contributed by atoms with Gasteiger partial charge in [-0.3, -0.25) is 4.79 Å². The highest BCUT2D eigenvalue weighted by atomic mass is 16.2. The summed E-state index contributed by atoms with van der Waals surface area (Å²) in [5.41, 5.74) is 0.705. The lowest BCUT2D eigenvalue weighted by molar-refractivity contribution is -0.116. The lowest BCUT2D eigenvalue weighted by Crippen LogP contribution is -2.44. The fourth-order valence-corrected chi connectivity index (χ4v) is 3.84. The third-order valence-electron chi connectivity index (χ3n) is 5.67. The van der Waals surface area contributed by atoms with Crippen LogP contribution in [0.1, 0.15) is 44.9 Å². The zero-order chi connectivity index (χ0) is 20.5. The number of urea groups is 1. The van der Waals surface area contributed by atoms with Crippen molar-refractivity contribution in [3.63, 3.8) is 0 Å². The molecule has 3 N–H and O–H groups in total. The van der Waals surface area contributed by atoms with Crippen LogP contribution in [0.4, 0.5) is 16.3 Å². The second-order valence-electron chi connectivity index (χ2n) is 8.08. The first-order valence-electron chi connectivity index (χ1n) is 10.8. The van der Waals surface area contributed by atoms with Crippen molar-refractivity contribution < 1.29 is 9.59 Å². The van der Waals surface area contributed by atoms with Gasteiger partial charge in [-0.2, -0.15) is 0 Å². The van der Waals surface area contributed by atoms with Crippen molar-refractivity contribution in [2.24, 2.45) is 0 Å². The Balaban J connectivity index is 1.30. The predicted octanol–water partition coefficient (Wildman–Crippen LogP) is 2.18. The van der Waals surface area contributed by atoms with Crippen LogP contribution >= 0.6 is 0 Å². The van der Waals surface area contributed by atoms with Crippen LogP contribution in [0.5, 0.6) is 0 Å². The Morgan fingerprint density at radius 1 is 1.10 bits per heavy atom. The third kappa shape index (κ3) is 7.20. The number of amides is 3. The topological polar surface area (TPSA) is 89.6 Å². The van der Waals surface area contributed by atoms with Crippen LogP contribution in [0.15, 0.2) is 18.3 Å². The summed E-state index contributed by atoms with van der Waals surface area (Å²) in [4.78, 5) is 33.1. The molecule has 1 saturated heterocycles. The van der Waals surface area contributed by atoms with E-state index in [9.17, 15) is 9.59 Å². The van der Waals surface area contributed by atoms with E-state index in [1.54, 1.807) is 6.20 Å². The van der Waals surface area contributed by atoms with Crippen molar-refractivity contribution in [1.29, 1.82) is 0 Å². The van der Waals surface area contributed by atoms with E-state index < -0.39 is 0 Å². The number of carbonyl (C=O) groups excluding carboxylic acids is 2. The molecule has 8 nitrogen and oxygen atoms in total. The van der Waals surface area contributed by atoms with Crippen LogP contribution in [0, 0.1) is 0 Å². The van der Waals surface area contributed by atoms with Gasteiger partial charge in [-0.25, -0.2) is 9.78 Å².